The van der Waals surface area contributed by atoms with Crippen LogP contribution in [-0.2, 0) is 9.59 Å². The number of aliphatic hydroxyl groups excluding tert-OH is 1. The molecule has 3 atom stereocenters. The van der Waals surface area contributed by atoms with Crippen LogP contribution in [0.4, 0.5) is 4.39 Å². The number of halogens is 1. The summed E-state index contributed by atoms with van der Waals surface area (Å²) in [5.74, 6) is -1.48. The molecule has 0 radical (unpaired) electrons. The monoisotopic (exact) mass is 335 g/mol. The third-order valence-electron chi connectivity index (χ3n) is 4.39. The van der Waals surface area contributed by atoms with Gasteiger partial charge in [0.2, 0.25) is 11.8 Å². The molecular formula is C16H18FN3O4. The molecule has 2 saturated heterocycles. The zero-order chi connectivity index (χ0) is 17.4. The minimum absolute atomic E-state index is 0.0698. The van der Waals surface area contributed by atoms with Crippen molar-refractivity contribution in [1.29, 1.82) is 0 Å². The zero-order valence-corrected chi connectivity index (χ0v) is 13.1. The van der Waals surface area contributed by atoms with E-state index in [0.717, 1.165) is 0 Å². The Morgan fingerprint density at radius 2 is 1.96 bits per heavy atom. The highest BCUT2D eigenvalue weighted by atomic mass is 19.1. The molecule has 3 amide bonds. The normalized spacial score (nSPS) is 25.1. The highest BCUT2D eigenvalue weighted by Gasteiger charge is 2.45. The lowest BCUT2D eigenvalue weighted by atomic mass is 10.0. The molecule has 8 heteroatoms. The molecule has 0 aliphatic carbocycles. The summed E-state index contributed by atoms with van der Waals surface area (Å²) in [5.41, 5.74) is 0.328. The van der Waals surface area contributed by atoms with Crippen LogP contribution >= 0.6 is 0 Å². The topological polar surface area (TPSA) is 89.9 Å². The second-order valence-electron chi connectivity index (χ2n) is 6.03. The van der Waals surface area contributed by atoms with E-state index in [9.17, 15) is 23.9 Å². The quantitative estimate of drug-likeness (QED) is 0.752. The van der Waals surface area contributed by atoms with Crippen LogP contribution in [0.5, 0.6) is 0 Å². The van der Waals surface area contributed by atoms with Crippen molar-refractivity contribution in [2.24, 2.45) is 0 Å². The summed E-state index contributed by atoms with van der Waals surface area (Å²) in [7, 11) is 0. The lowest BCUT2D eigenvalue weighted by Gasteiger charge is -2.45. The van der Waals surface area contributed by atoms with Crippen LogP contribution in [0.15, 0.2) is 24.3 Å². The molecular weight excluding hydrogens is 317 g/mol. The Labute approximate surface area is 138 Å². The molecule has 1 aromatic carbocycles. The van der Waals surface area contributed by atoms with E-state index in [2.05, 4.69) is 5.32 Å². The molecule has 2 heterocycles. The fourth-order valence-electron chi connectivity index (χ4n) is 3.05. The maximum absolute atomic E-state index is 13.0. The Hall–Kier alpha value is -2.48. The number of carbonyl (C=O) groups is 3. The first-order valence-corrected chi connectivity index (χ1v) is 7.72. The number of piperazine rings is 2. The van der Waals surface area contributed by atoms with Crippen LogP contribution in [0.1, 0.15) is 17.3 Å². The third kappa shape index (κ3) is 2.84. The van der Waals surface area contributed by atoms with Crippen molar-refractivity contribution in [2.75, 3.05) is 19.6 Å². The van der Waals surface area contributed by atoms with E-state index in [1.165, 1.54) is 41.0 Å². The first-order valence-electron chi connectivity index (χ1n) is 7.72. The number of hydrogen-bond acceptors (Lipinski definition) is 4. The van der Waals surface area contributed by atoms with Crippen LogP contribution in [0.25, 0.3) is 0 Å². The molecule has 2 fully saturated rings. The van der Waals surface area contributed by atoms with E-state index in [1.807, 2.05) is 0 Å². The van der Waals surface area contributed by atoms with Crippen molar-refractivity contribution in [1.82, 2.24) is 15.1 Å². The number of carbonyl (C=O) groups excluding carboxylic acids is 3. The van der Waals surface area contributed by atoms with Gasteiger partial charge in [0.15, 0.2) is 0 Å². The van der Waals surface area contributed by atoms with Gasteiger partial charge in [-0.2, -0.15) is 0 Å². The number of aliphatic hydroxyl groups is 1. The van der Waals surface area contributed by atoms with Crippen LogP contribution in [0, 0.1) is 5.82 Å². The average molecular weight is 335 g/mol. The second-order valence-corrected chi connectivity index (χ2v) is 6.03. The molecule has 0 aromatic heterocycles. The lowest BCUT2D eigenvalue weighted by Crippen LogP contribution is -2.71. The number of rotatable bonds is 2. The maximum atomic E-state index is 13.0. The first kappa shape index (κ1) is 16.4. The lowest BCUT2D eigenvalue weighted by molar-refractivity contribution is -0.155. The van der Waals surface area contributed by atoms with Gasteiger partial charge in [-0.15, -0.1) is 0 Å². The number of hydrogen-bond donors (Lipinski definition) is 2. The van der Waals surface area contributed by atoms with Crippen molar-refractivity contribution in [3.05, 3.63) is 35.6 Å². The van der Waals surface area contributed by atoms with Gasteiger partial charge < -0.3 is 20.2 Å². The molecule has 7 nitrogen and oxygen atoms in total. The fraction of sp³-hybridized carbons (Fsp3) is 0.438. The number of fused-ring (bicyclic) bond motifs is 1. The summed E-state index contributed by atoms with van der Waals surface area (Å²) in [5, 5.41) is 12.1. The van der Waals surface area contributed by atoms with Crippen molar-refractivity contribution >= 4 is 17.7 Å². The summed E-state index contributed by atoms with van der Waals surface area (Å²) < 4.78 is 13.0. The smallest absolute Gasteiger partial charge is 0.254 e. The van der Waals surface area contributed by atoms with E-state index in [-0.39, 0.29) is 31.4 Å². The summed E-state index contributed by atoms with van der Waals surface area (Å²) >= 11 is 0. The van der Waals surface area contributed by atoms with E-state index >= 15 is 0 Å². The zero-order valence-electron chi connectivity index (χ0n) is 13.1. The van der Waals surface area contributed by atoms with Gasteiger partial charge in [0.05, 0.1) is 12.6 Å². The Kier molecular flexibility index (Phi) is 4.23. The molecule has 0 unspecified atom stereocenters. The van der Waals surface area contributed by atoms with Crippen molar-refractivity contribution in [3.8, 4) is 0 Å². The number of nitrogens with one attached hydrogen (secondary N) is 1. The Balaban J connectivity index is 1.75. The molecule has 2 aliphatic heterocycles. The highest BCUT2D eigenvalue weighted by Crippen LogP contribution is 2.19. The summed E-state index contributed by atoms with van der Waals surface area (Å²) in [6, 6.07) is 3.46. The summed E-state index contributed by atoms with van der Waals surface area (Å²) in [6.07, 6.45) is -0.985. The molecule has 0 spiro atoms. The van der Waals surface area contributed by atoms with E-state index in [1.54, 1.807) is 0 Å². The molecule has 128 valence electrons. The summed E-state index contributed by atoms with van der Waals surface area (Å²) in [6.45, 7) is 2.00. The van der Waals surface area contributed by atoms with Gasteiger partial charge in [-0.1, -0.05) is 0 Å². The molecule has 0 saturated carbocycles. The van der Waals surface area contributed by atoms with Gasteiger partial charge in [0.1, 0.15) is 17.9 Å². The molecule has 2 N–H and O–H groups in total. The maximum Gasteiger partial charge on any atom is 0.254 e. The first-order chi connectivity index (χ1) is 11.4. The second kappa shape index (κ2) is 6.20. The third-order valence-corrected chi connectivity index (χ3v) is 4.39. The highest BCUT2D eigenvalue weighted by molar-refractivity contribution is 5.99. The van der Waals surface area contributed by atoms with Crippen molar-refractivity contribution < 1.29 is 23.9 Å². The van der Waals surface area contributed by atoms with Crippen molar-refractivity contribution in [2.45, 2.75) is 25.1 Å². The fourth-order valence-corrected chi connectivity index (χ4v) is 3.05. The predicted molar refractivity (Wildman–Crippen MR) is 81.4 cm³/mol. The van der Waals surface area contributed by atoms with Crippen molar-refractivity contribution in [3.63, 3.8) is 0 Å². The van der Waals surface area contributed by atoms with E-state index in [0.29, 0.717) is 5.56 Å². The van der Waals surface area contributed by atoms with Gasteiger partial charge in [-0.25, -0.2) is 4.39 Å². The van der Waals surface area contributed by atoms with Gasteiger partial charge in [-0.3, -0.25) is 14.4 Å². The Morgan fingerprint density at radius 3 is 2.58 bits per heavy atom. The molecule has 24 heavy (non-hydrogen) atoms. The standard InChI is InChI=1S/C16H18FN3O4/c1-9(21)13-16(24)20-7-6-19(8-12(20)14(22)18-13)15(23)10-2-4-11(17)5-3-10/h2-5,9,12-13,21H,6-8H2,1H3,(H,18,22)/t9-,12+,13+/m0/s1. The Bertz CT molecular complexity index is 676. The average Bonchev–Trinajstić information content (AvgIpc) is 2.57. The van der Waals surface area contributed by atoms with Gasteiger partial charge in [-0.05, 0) is 31.2 Å². The van der Waals surface area contributed by atoms with Crippen LogP contribution in [0.3, 0.4) is 0 Å². The van der Waals surface area contributed by atoms with E-state index in [4.69, 9.17) is 0 Å². The summed E-state index contributed by atoms with van der Waals surface area (Å²) in [4.78, 5) is 39.9. The molecule has 3 rings (SSSR count). The van der Waals surface area contributed by atoms with Gasteiger partial charge >= 0.3 is 0 Å². The number of amides is 3. The molecule has 1 aromatic rings. The van der Waals surface area contributed by atoms with Crippen LogP contribution in [-0.4, -0.2) is 70.4 Å². The number of nitrogens with zero attached hydrogens (tertiary/aromatic N) is 2. The van der Waals surface area contributed by atoms with Gasteiger partial charge in [0.25, 0.3) is 5.91 Å². The van der Waals surface area contributed by atoms with Crippen LogP contribution < -0.4 is 5.32 Å². The Morgan fingerprint density at radius 1 is 1.29 bits per heavy atom. The SMILES string of the molecule is C[C@H](O)[C@H]1NC(=O)[C@H]2CN(C(=O)c3ccc(F)cc3)CCN2C1=O. The van der Waals surface area contributed by atoms with E-state index < -0.39 is 29.9 Å². The van der Waals surface area contributed by atoms with Crippen LogP contribution in [0.2, 0.25) is 0 Å². The molecule has 2 aliphatic rings. The number of benzene rings is 1. The predicted octanol–water partition coefficient (Wildman–Crippen LogP) is -0.642. The van der Waals surface area contributed by atoms with Gasteiger partial charge in [0, 0.05) is 18.7 Å². The molecule has 0 bridgehead atoms. The minimum Gasteiger partial charge on any atom is -0.391 e. The largest absolute Gasteiger partial charge is 0.391 e. The minimum atomic E-state index is -0.985.